The molecule has 3 aromatic rings. The number of nitrogens with one attached hydrogen (secondary N) is 1. The number of benzene rings is 1. The summed E-state index contributed by atoms with van der Waals surface area (Å²) >= 11 is 0. The Balaban J connectivity index is 1.37. The van der Waals surface area contributed by atoms with Gasteiger partial charge < -0.3 is 15.3 Å². The molecular formula is C21H24N6O2. The number of amides is 1. The molecule has 2 aromatic heterocycles. The first kappa shape index (κ1) is 18.2. The summed E-state index contributed by atoms with van der Waals surface area (Å²) in [4.78, 5) is 19.4. The van der Waals surface area contributed by atoms with Gasteiger partial charge in [-0.3, -0.25) is 9.78 Å². The largest absolute Gasteiger partial charge is 0.386 e. The van der Waals surface area contributed by atoms with Crippen LogP contribution in [0.3, 0.4) is 0 Å². The highest BCUT2D eigenvalue weighted by Crippen LogP contribution is 2.35. The van der Waals surface area contributed by atoms with Crippen LogP contribution in [0.5, 0.6) is 0 Å². The lowest BCUT2D eigenvalue weighted by Gasteiger charge is -2.50. The number of hydrogen-bond donors (Lipinski definition) is 2. The van der Waals surface area contributed by atoms with Crippen LogP contribution in [0.15, 0.2) is 36.5 Å². The molecule has 3 aliphatic heterocycles. The van der Waals surface area contributed by atoms with Gasteiger partial charge in [-0.25, -0.2) is 4.68 Å². The van der Waals surface area contributed by atoms with Gasteiger partial charge in [-0.05, 0) is 63.0 Å². The molecule has 6 rings (SSSR count). The second-order valence-electron chi connectivity index (χ2n) is 8.12. The number of rotatable bonds is 4. The molecule has 0 spiro atoms. The van der Waals surface area contributed by atoms with E-state index in [-0.39, 0.29) is 24.1 Å². The number of pyridine rings is 1. The van der Waals surface area contributed by atoms with Crippen LogP contribution in [-0.4, -0.2) is 67.7 Å². The zero-order valence-corrected chi connectivity index (χ0v) is 16.4. The van der Waals surface area contributed by atoms with E-state index in [0.29, 0.717) is 12.2 Å². The second-order valence-corrected chi connectivity index (χ2v) is 8.12. The Kier molecular flexibility index (Phi) is 4.33. The minimum atomic E-state index is -0.864. The topological polar surface area (TPSA) is 96.2 Å². The van der Waals surface area contributed by atoms with Gasteiger partial charge in [-0.2, -0.15) is 0 Å². The van der Waals surface area contributed by atoms with E-state index in [9.17, 15) is 9.90 Å². The molecule has 3 aliphatic rings. The van der Waals surface area contributed by atoms with Crippen molar-refractivity contribution in [3.05, 3.63) is 47.9 Å². The summed E-state index contributed by atoms with van der Waals surface area (Å²) in [5.74, 6) is -0.0650. The molecule has 1 amide bonds. The van der Waals surface area contributed by atoms with Crippen molar-refractivity contribution in [2.45, 2.75) is 25.4 Å². The first-order chi connectivity index (χ1) is 14.0. The summed E-state index contributed by atoms with van der Waals surface area (Å²) in [6, 6.07) is 9.63. The molecule has 1 aromatic carbocycles. The molecule has 8 heteroatoms. The molecule has 150 valence electrons. The fourth-order valence-electron chi connectivity index (χ4n) is 4.70. The van der Waals surface area contributed by atoms with Gasteiger partial charge in [0.05, 0.1) is 22.5 Å². The third-order valence-electron chi connectivity index (χ3n) is 6.36. The predicted octanol–water partition coefficient (Wildman–Crippen LogP) is 1.31. The van der Waals surface area contributed by atoms with E-state index >= 15 is 0 Å². The van der Waals surface area contributed by atoms with Crippen LogP contribution in [-0.2, 0) is 0 Å². The molecule has 8 nitrogen and oxygen atoms in total. The van der Waals surface area contributed by atoms with E-state index in [2.05, 4.69) is 25.5 Å². The highest BCUT2D eigenvalue weighted by molar-refractivity contribution is 5.94. The maximum Gasteiger partial charge on any atom is 0.273 e. The van der Waals surface area contributed by atoms with Gasteiger partial charge in [0.15, 0.2) is 5.69 Å². The van der Waals surface area contributed by atoms with Gasteiger partial charge in [-0.1, -0.05) is 11.3 Å². The summed E-state index contributed by atoms with van der Waals surface area (Å²) in [6.45, 7) is 4.75. The average Bonchev–Trinajstić information content (AvgIpc) is 3.13. The Morgan fingerprint density at radius 3 is 2.86 bits per heavy atom. The number of aromatic nitrogens is 4. The molecule has 1 atom stereocenters. The van der Waals surface area contributed by atoms with E-state index in [1.54, 1.807) is 10.9 Å². The zero-order chi connectivity index (χ0) is 20.0. The normalized spacial score (nSPS) is 26.0. The average molecular weight is 392 g/mol. The fraction of sp³-hybridized carbons (Fsp3) is 0.429. The van der Waals surface area contributed by atoms with Gasteiger partial charge in [-0.15, -0.1) is 5.10 Å². The summed E-state index contributed by atoms with van der Waals surface area (Å²) in [6.07, 6.45) is 3.71. The first-order valence-corrected chi connectivity index (χ1v) is 10.0. The first-order valence-electron chi connectivity index (χ1n) is 10.0. The van der Waals surface area contributed by atoms with E-state index in [4.69, 9.17) is 0 Å². The number of fused-ring (bicyclic) bond motifs is 4. The Hall–Kier alpha value is -2.84. The lowest BCUT2D eigenvalue weighted by atomic mass is 9.75. The monoisotopic (exact) mass is 392 g/mol. The number of hydrogen-bond acceptors (Lipinski definition) is 6. The zero-order valence-electron chi connectivity index (χ0n) is 16.4. The maximum absolute atomic E-state index is 12.8. The highest BCUT2D eigenvalue weighted by atomic mass is 16.3. The molecule has 2 N–H and O–H groups in total. The van der Waals surface area contributed by atoms with Gasteiger partial charge in [0.2, 0.25) is 0 Å². The SMILES string of the molecule is Cc1c(C(=O)NCC2(O)CN3CCC2CC3)nnn1-c1cccc2ncccc12. The van der Waals surface area contributed by atoms with E-state index in [1.807, 2.05) is 37.3 Å². The molecule has 3 saturated heterocycles. The molecule has 1 unspecified atom stereocenters. The third-order valence-corrected chi connectivity index (χ3v) is 6.36. The van der Waals surface area contributed by atoms with Gasteiger partial charge >= 0.3 is 0 Å². The van der Waals surface area contributed by atoms with Crippen molar-refractivity contribution in [3.63, 3.8) is 0 Å². The van der Waals surface area contributed by atoms with Crippen LogP contribution < -0.4 is 5.32 Å². The van der Waals surface area contributed by atoms with E-state index < -0.39 is 5.60 Å². The maximum atomic E-state index is 12.8. The number of nitrogens with zero attached hydrogens (tertiary/aromatic N) is 5. The van der Waals surface area contributed by atoms with Crippen molar-refractivity contribution in [1.29, 1.82) is 0 Å². The number of carbonyl (C=O) groups excluding carboxylic acids is 1. The quantitative estimate of drug-likeness (QED) is 0.695. The van der Waals surface area contributed by atoms with Gasteiger partial charge in [0.25, 0.3) is 5.91 Å². The van der Waals surface area contributed by atoms with E-state index in [0.717, 1.165) is 42.5 Å². The van der Waals surface area contributed by atoms with Crippen molar-refractivity contribution < 1.29 is 9.90 Å². The summed E-state index contributed by atoms with van der Waals surface area (Å²) in [7, 11) is 0. The molecule has 29 heavy (non-hydrogen) atoms. The third kappa shape index (κ3) is 3.08. The molecule has 2 bridgehead atoms. The van der Waals surface area contributed by atoms with Crippen LogP contribution in [0.4, 0.5) is 0 Å². The van der Waals surface area contributed by atoms with Crippen molar-refractivity contribution in [2.75, 3.05) is 26.2 Å². The Bertz CT molecular complexity index is 1070. The molecule has 0 aliphatic carbocycles. The van der Waals surface area contributed by atoms with E-state index in [1.165, 1.54) is 0 Å². The minimum Gasteiger partial charge on any atom is -0.386 e. The van der Waals surface area contributed by atoms with Crippen LogP contribution in [0, 0.1) is 12.8 Å². The fourth-order valence-corrected chi connectivity index (χ4v) is 4.70. The minimum absolute atomic E-state index is 0.234. The molecular weight excluding hydrogens is 368 g/mol. The van der Waals surface area contributed by atoms with Crippen LogP contribution in [0.25, 0.3) is 16.6 Å². The van der Waals surface area contributed by atoms with Crippen molar-refractivity contribution in [2.24, 2.45) is 5.92 Å². The summed E-state index contributed by atoms with van der Waals surface area (Å²) in [5.41, 5.74) is 1.75. The van der Waals surface area contributed by atoms with Crippen molar-refractivity contribution in [1.82, 2.24) is 30.2 Å². The number of aliphatic hydroxyl groups is 1. The summed E-state index contributed by atoms with van der Waals surface area (Å²) < 4.78 is 1.67. The lowest BCUT2D eigenvalue weighted by molar-refractivity contribution is -0.108. The molecule has 0 radical (unpaired) electrons. The lowest BCUT2D eigenvalue weighted by Crippen LogP contribution is -2.63. The highest BCUT2D eigenvalue weighted by Gasteiger charge is 2.45. The smallest absolute Gasteiger partial charge is 0.273 e. The van der Waals surface area contributed by atoms with Crippen molar-refractivity contribution in [3.8, 4) is 5.69 Å². The van der Waals surface area contributed by atoms with Crippen LogP contribution in [0.1, 0.15) is 29.0 Å². The van der Waals surface area contributed by atoms with Crippen LogP contribution >= 0.6 is 0 Å². The Labute approximate surface area is 168 Å². The number of piperidine rings is 3. The standard InChI is InChI=1S/C21H24N6O2/c1-14-19(20(28)23-12-21(29)13-26-10-7-15(21)8-11-26)24-25-27(14)18-6-2-5-17-16(18)4-3-9-22-17/h2-6,9,15,29H,7-8,10-13H2,1H3,(H,23,28). The predicted molar refractivity (Wildman–Crippen MR) is 108 cm³/mol. The second kappa shape index (κ2) is 6.89. The molecule has 0 saturated carbocycles. The van der Waals surface area contributed by atoms with Crippen LogP contribution in [0.2, 0.25) is 0 Å². The summed E-state index contributed by atoms with van der Waals surface area (Å²) in [5, 5.41) is 23.2. The van der Waals surface area contributed by atoms with Gasteiger partial charge in [0.1, 0.15) is 0 Å². The molecule has 3 fully saturated rings. The number of carbonyl (C=O) groups is 1. The Morgan fingerprint density at radius 2 is 2.10 bits per heavy atom. The van der Waals surface area contributed by atoms with Crippen molar-refractivity contribution >= 4 is 16.8 Å². The molecule has 5 heterocycles. The van der Waals surface area contributed by atoms with Gasteiger partial charge in [0, 0.05) is 24.7 Å². The Morgan fingerprint density at radius 1 is 1.28 bits per heavy atom.